The Morgan fingerprint density at radius 2 is 2.04 bits per heavy atom. The van der Waals surface area contributed by atoms with Crippen molar-refractivity contribution in [2.24, 2.45) is 0 Å². The quantitative estimate of drug-likeness (QED) is 0.782. The van der Waals surface area contributed by atoms with Crippen LogP contribution >= 0.6 is 0 Å². The van der Waals surface area contributed by atoms with Crippen molar-refractivity contribution in [3.05, 3.63) is 0 Å². The minimum atomic E-state index is -0.859. The van der Waals surface area contributed by atoms with Gasteiger partial charge in [-0.3, -0.25) is 14.5 Å². The molecule has 0 saturated carbocycles. The zero-order chi connectivity index (χ0) is 16.4. The maximum absolute atomic E-state index is 12.7. The van der Waals surface area contributed by atoms with Gasteiger partial charge in [-0.1, -0.05) is 6.92 Å². The van der Waals surface area contributed by atoms with Crippen molar-refractivity contribution in [3.8, 4) is 0 Å². The monoisotopic (exact) mass is 323 g/mol. The van der Waals surface area contributed by atoms with Crippen LogP contribution in [-0.2, 0) is 14.3 Å². The first-order chi connectivity index (χ1) is 11.1. The van der Waals surface area contributed by atoms with Crippen LogP contribution in [0.25, 0.3) is 0 Å². The van der Waals surface area contributed by atoms with Crippen molar-refractivity contribution >= 4 is 17.8 Å². The van der Waals surface area contributed by atoms with Crippen LogP contribution in [0.1, 0.15) is 45.4 Å². The van der Waals surface area contributed by atoms with Gasteiger partial charge in [-0.05, 0) is 25.7 Å². The Hall–Kier alpha value is -1.63. The SMILES string of the molecule is CC[C@H]1CCCCN1C(=O)CN1C(=O)NC2(CCOCC2)C1=O. The molecule has 0 aromatic rings. The van der Waals surface area contributed by atoms with Gasteiger partial charge in [-0.25, -0.2) is 4.79 Å². The van der Waals surface area contributed by atoms with Gasteiger partial charge in [-0.2, -0.15) is 0 Å². The van der Waals surface area contributed by atoms with Crippen molar-refractivity contribution < 1.29 is 19.1 Å². The molecule has 0 aliphatic carbocycles. The van der Waals surface area contributed by atoms with E-state index in [-0.39, 0.29) is 24.4 Å². The lowest BCUT2D eigenvalue weighted by Crippen LogP contribution is -2.52. The molecule has 7 heteroatoms. The van der Waals surface area contributed by atoms with Gasteiger partial charge in [0.2, 0.25) is 5.91 Å². The summed E-state index contributed by atoms with van der Waals surface area (Å²) in [6.45, 7) is 3.56. The lowest BCUT2D eigenvalue weighted by atomic mass is 9.90. The summed E-state index contributed by atoms with van der Waals surface area (Å²) in [5.41, 5.74) is -0.859. The number of carbonyl (C=O) groups is 3. The highest BCUT2D eigenvalue weighted by atomic mass is 16.5. The van der Waals surface area contributed by atoms with Gasteiger partial charge < -0.3 is 15.0 Å². The standard InChI is InChI=1S/C16H25N3O4/c1-2-12-5-3-4-8-18(12)13(20)11-19-14(21)16(17-15(19)22)6-9-23-10-7-16/h12H,2-11H2,1H3,(H,17,22)/t12-/m0/s1. The maximum atomic E-state index is 12.7. The van der Waals surface area contributed by atoms with Crippen LogP contribution in [0.3, 0.4) is 0 Å². The molecule has 0 aromatic carbocycles. The molecule has 0 unspecified atom stereocenters. The molecule has 0 bridgehead atoms. The number of hydrogen-bond acceptors (Lipinski definition) is 4. The molecule has 23 heavy (non-hydrogen) atoms. The number of carbonyl (C=O) groups excluding carboxylic acids is 3. The van der Waals surface area contributed by atoms with Gasteiger partial charge in [-0.15, -0.1) is 0 Å². The second-order valence-corrected chi connectivity index (χ2v) is 6.66. The Balaban J connectivity index is 1.68. The average molecular weight is 323 g/mol. The van der Waals surface area contributed by atoms with Gasteiger partial charge in [0.15, 0.2) is 0 Å². The third kappa shape index (κ3) is 2.94. The minimum Gasteiger partial charge on any atom is -0.381 e. The molecule has 3 fully saturated rings. The molecular weight excluding hydrogens is 298 g/mol. The molecule has 128 valence electrons. The summed E-state index contributed by atoms with van der Waals surface area (Å²) in [6, 6.07) is -0.218. The van der Waals surface area contributed by atoms with Crippen molar-refractivity contribution in [2.75, 3.05) is 26.3 Å². The molecule has 1 N–H and O–H groups in total. The Bertz CT molecular complexity index is 502. The fourth-order valence-electron chi connectivity index (χ4n) is 3.86. The maximum Gasteiger partial charge on any atom is 0.325 e. The number of nitrogens with one attached hydrogen (secondary N) is 1. The third-order valence-corrected chi connectivity index (χ3v) is 5.30. The van der Waals surface area contributed by atoms with Crippen LogP contribution in [0.15, 0.2) is 0 Å². The normalized spacial score (nSPS) is 27.4. The number of rotatable bonds is 3. The third-order valence-electron chi connectivity index (χ3n) is 5.30. The van der Waals surface area contributed by atoms with E-state index in [1.165, 1.54) is 0 Å². The number of ether oxygens (including phenoxy) is 1. The topological polar surface area (TPSA) is 79.0 Å². The molecule has 1 spiro atoms. The van der Waals surface area contributed by atoms with E-state index in [9.17, 15) is 14.4 Å². The number of nitrogens with zero attached hydrogens (tertiary/aromatic N) is 2. The molecule has 3 aliphatic rings. The Morgan fingerprint density at radius 1 is 1.30 bits per heavy atom. The summed E-state index contributed by atoms with van der Waals surface area (Å²) in [5.74, 6) is -0.395. The number of hydrogen-bond donors (Lipinski definition) is 1. The van der Waals surface area contributed by atoms with Crippen LogP contribution < -0.4 is 5.32 Å². The molecule has 3 heterocycles. The Morgan fingerprint density at radius 3 is 2.74 bits per heavy atom. The highest BCUT2D eigenvalue weighted by Gasteiger charge is 2.52. The van der Waals surface area contributed by atoms with Crippen LogP contribution in [0.4, 0.5) is 4.79 Å². The highest BCUT2D eigenvalue weighted by Crippen LogP contribution is 2.29. The van der Waals surface area contributed by atoms with Crippen molar-refractivity contribution in [3.63, 3.8) is 0 Å². The summed E-state index contributed by atoms with van der Waals surface area (Å²) >= 11 is 0. The first-order valence-electron chi connectivity index (χ1n) is 8.59. The first-order valence-corrected chi connectivity index (χ1v) is 8.59. The molecule has 0 aromatic heterocycles. The van der Waals surface area contributed by atoms with E-state index in [0.29, 0.717) is 26.1 Å². The molecule has 1 atom stereocenters. The summed E-state index contributed by atoms with van der Waals surface area (Å²) in [7, 11) is 0. The molecule has 3 saturated heterocycles. The van der Waals surface area contributed by atoms with Gasteiger partial charge in [0.05, 0.1) is 0 Å². The van der Waals surface area contributed by atoms with Gasteiger partial charge >= 0.3 is 6.03 Å². The van der Waals surface area contributed by atoms with E-state index >= 15 is 0 Å². The van der Waals surface area contributed by atoms with Crippen molar-refractivity contribution in [1.29, 1.82) is 0 Å². The van der Waals surface area contributed by atoms with Crippen molar-refractivity contribution in [1.82, 2.24) is 15.1 Å². The fourth-order valence-corrected chi connectivity index (χ4v) is 3.86. The number of imide groups is 1. The van der Waals surface area contributed by atoms with Crippen LogP contribution in [0.2, 0.25) is 0 Å². The number of likely N-dealkylation sites (tertiary alicyclic amines) is 1. The van der Waals surface area contributed by atoms with Gasteiger partial charge in [0.1, 0.15) is 12.1 Å². The lowest BCUT2D eigenvalue weighted by molar-refractivity contribution is -0.142. The van der Waals surface area contributed by atoms with E-state index in [1.54, 1.807) is 0 Å². The van der Waals surface area contributed by atoms with Crippen molar-refractivity contribution in [2.45, 2.75) is 57.0 Å². The van der Waals surface area contributed by atoms with Crippen LogP contribution in [0.5, 0.6) is 0 Å². The Labute approximate surface area is 136 Å². The molecular formula is C16H25N3O4. The summed E-state index contributed by atoms with van der Waals surface area (Å²) in [6.07, 6.45) is 4.99. The largest absolute Gasteiger partial charge is 0.381 e. The van der Waals surface area contributed by atoms with E-state index in [1.807, 2.05) is 4.90 Å². The van der Waals surface area contributed by atoms with E-state index in [2.05, 4.69) is 12.2 Å². The van der Waals surface area contributed by atoms with Gasteiger partial charge in [0, 0.05) is 38.6 Å². The number of urea groups is 1. The predicted octanol–water partition coefficient (Wildman–Crippen LogP) is 0.878. The van der Waals surface area contributed by atoms with E-state index < -0.39 is 11.6 Å². The average Bonchev–Trinajstić information content (AvgIpc) is 2.79. The molecule has 3 aliphatic heterocycles. The number of amides is 4. The second kappa shape index (κ2) is 6.47. The lowest BCUT2D eigenvalue weighted by Gasteiger charge is -2.36. The zero-order valence-electron chi connectivity index (χ0n) is 13.7. The minimum absolute atomic E-state index is 0.121. The van der Waals surface area contributed by atoms with Crippen LogP contribution in [0, 0.1) is 0 Å². The number of piperidine rings is 1. The Kier molecular flexibility index (Phi) is 4.57. The summed E-state index contributed by atoms with van der Waals surface area (Å²) < 4.78 is 5.28. The predicted molar refractivity (Wildman–Crippen MR) is 82.7 cm³/mol. The smallest absolute Gasteiger partial charge is 0.325 e. The molecule has 3 rings (SSSR count). The van der Waals surface area contributed by atoms with E-state index in [4.69, 9.17) is 4.74 Å². The summed E-state index contributed by atoms with van der Waals surface area (Å²) in [5, 5.41) is 2.79. The molecule has 4 amide bonds. The molecule has 0 radical (unpaired) electrons. The first kappa shape index (κ1) is 16.2. The fraction of sp³-hybridized carbons (Fsp3) is 0.812. The van der Waals surface area contributed by atoms with Gasteiger partial charge in [0.25, 0.3) is 5.91 Å². The van der Waals surface area contributed by atoms with E-state index in [0.717, 1.165) is 37.1 Å². The van der Waals surface area contributed by atoms with Crippen LogP contribution in [-0.4, -0.2) is 65.5 Å². The summed E-state index contributed by atoms with van der Waals surface area (Å²) in [4.78, 5) is 40.4. The highest BCUT2D eigenvalue weighted by molar-refractivity contribution is 6.09. The second-order valence-electron chi connectivity index (χ2n) is 6.66. The zero-order valence-corrected chi connectivity index (χ0v) is 13.7. The molecule has 7 nitrogen and oxygen atoms in total.